The van der Waals surface area contributed by atoms with Crippen molar-refractivity contribution in [3.05, 3.63) is 36.4 Å². The number of rotatable bonds is 7. The maximum atomic E-state index is 12.5. The monoisotopic (exact) mass is 458 g/mol. The first-order valence-corrected chi connectivity index (χ1v) is 11.1. The molecule has 0 fully saturated rings. The molecule has 0 atom stereocenters. The van der Waals surface area contributed by atoms with Crippen molar-refractivity contribution >= 4 is 67.9 Å². The summed E-state index contributed by atoms with van der Waals surface area (Å²) in [6, 6.07) is 11.3. The van der Waals surface area contributed by atoms with Crippen molar-refractivity contribution in [2.24, 2.45) is 0 Å². The first-order chi connectivity index (χ1) is 15.1. The second kappa shape index (κ2) is 9.23. The summed E-state index contributed by atoms with van der Waals surface area (Å²) in [5.41, 5.74) is 1.94. The molecule has 0 unspecified atom stereocenters. The zero-order valence-corrected chi connectivity index (χ0v) is 18.3. The predicted octanol–water partition coefficient (Wildman–Crippen LogP) is 4.75. The zero-order valence-electron chi connectivity index (χ0n) is 16.6. The Balaban J connectivity index is 1.43. The molecule has 0 aliphatic carbocycles. The number of amides is 2. The van der Waals surface area contributed by atoms with E-state index in [0.29, 0.717) is 26.5 Å². The maximum absolute atomic E-state index is 12.5. The Morgan fingerprint density at radius 2 is 1.97 bits per heavy atom. The highest BCUT2D eigenvalue weighted by atomic mass is 32.2. The van der Waals surface area contributed by atoms with Gasteiger partial charge in [-0.05, 0) is 19.1 Å². The Labute approximate surface area is 185 Å². The summed E-state index contributed by atoms with van der Waals surface area (Å²) in [6.45, 7) is 1.97. The van der Waals surface area contributed by atoms with Crippen LogP contribution in [0.25, 0.3) is 21.9 Å². The van der Waals surface area contributed by atoms with Gasteiger partial charge < -0.3 is 19.2 Å². The van der Waals surface area contributed by atoms with Gasteiger partial charge in [0, 0.05) is 16.8 Å². The lowest BCUT2D eigenvalue weighted by Gasteiger charge is -2.10. The van der Waals surface area contributed by atoms with E-state index in [1.54, 1.807) is 20.1 Å². The fourth-order valence-corrected chi connectivity index (χ4v) is 4.44. The molecule has 2 N–H and O–H groups in total. The van der Waals surface area contributed by atoms with Crippen LogP contribution >= 0.6 is 23.1 Å². The Hall–Kier alpha value is -3.31. The standard InChI is InChI=1S/C20H18N4O5S2/c1-3-28-19(26)22-18-23-24-20(31-18)30-10-17(25)21-13-9-15-12(8-16(13)27-2)11-6-4-5-7-14(11)29-15/h4-9H,3,10H2,1-2H3,(H,21,25)(H,22,23,26). The van der Waals surface area contributed by atoms with Gasteiger partial charge in [0.15, 0.2) is 4.34 Å². The summed E-state index contributed by atoms with van der Waals surface area (Å²) in [5, 5.41) is 15.3. The molecule has 0 radical (unpaired) electrons. The maximum Gasteiger partial charge on any atom is 0.413 e. The minimum atomic E-state index is -0.596. The minimum absolute atomic E-state index is 0.107. The minimum Gasteiger partial charge on any atom is -0.495 e. The summed E-state index contributed by atoms with van der Waals surface area (Å²) >= 11 is 2.36. The number of carbonyl (C=O) groups is 2. The van der Waals surface area contributed by atoms with E-state index < -0.39 is 6.09 Å². The molecule has 0 saturated heterocycles. The van der Waals surface area contributed by atoms with E-state index in [0.717, 1.165) is 27.7 Å². The number of aromatic nitrogens is 2. The van der Waals surface area contributed by atoms with Crippen LogP contribution in [0.15, 0.2) is 45.2 Å². The fraction of sp³-hybridized carbons (Fsp3) is 0.200. The van der Waals surface area contributed by atoms with Crippen LogP contribution in [0.3, 0.4) is 0 Å². The third-order valence-electron chi connectivity index (χ3n) is 4.19. The van der Waals surface area contributed by atoms with Gasteiger partial charge in [-0.15, -0.1) is 10.2 Å². The number of carbonyl (C=O) groups excluding carboxylic acids is 2. The van der Waals surface area contributed by atoms with Crippen LogP contribution < -0.4 is 15.4 Å². The van der Waals surface area contributed by atoms with Gasteiger partial charge in [0.1, 0.15) is 16.9 Å². The van der Waals surface area contributed by atoms with Crippen LogP contribution in [0, 0.1) is 0 Å². The molecule has 2 aromatic heterocycles. The summed E-state index contributed by atoms with van der Waals surface area (Å²) in [7, 11) is 1.55. The SMILES string of the molecule is CCOC(=O)Nc1nnc(SCC(=O)Nc2cc3oc4ccccc4c3cc2OC)s1. The van der Waals surface area contributed by atoms with Crippen LogP contribution in [0.1, 0.15) is 6.92 Å². The highest BCUT2D eigenvalue weighted by molar-refractivity contribution is 8.01. The highest BCUT2D eigenvalue weighted by Crippen LogP contribution is 2.36. The van der Waals surface area contributed by atoms with Crippen molar-refractivity contribution in [3.8, 4) is 5.75 Å². The zero-order chi connectivity index (χ0) is 21.8. The van der Waals surface area contributed by atoms with Gasteiger partial charge in [0.05, 0.1) is 25.2 Å². The largest absolute Gasteiger partial charge is 0.495 e. The Kier molecular flexibility index (Phi) is 6.23. The van der Waals surface area contributed by atoms with Crippen LogP contribution in [-0.2, 0) is 9.53 Å². The van der Waals surface area contributed by atoms with Crippen molar-refractivity contribution in [1.82, 2.24) is 10.2 Å². The molecule has 2 heterocycles. The van der Waals surface area contributed by atoms with E-state index in [4.69, 9.17) is 13.9 Å². The van der Waals surface area contributed by atoms with Crippen LogP contribution in [0.4, 0.5) is 15.6 Å². The molecule has 0 spiro atoms. The molecule has 4 rings (SSSR count). The second-order valence-electron chi connectivity index (χ2n) is 6.20. The lowest BCUT2D eigenvalue weighted by atomic mass is 10.1. The number of benzene rings is 2. The number of para-hydroxylation sites is 1. The van der Waals surface area contributed by atoms with E-state index in [-0.39, 0.29) is 18.3 Å². The van der Waals surface area contributed by atoms with Gasteiger partial charge in [-0.25, -0.2) is 4.79 Å². The molecule has 31 heavy (non-hydrogen) atoms. The molecule has 0 aliphatic heterocycles. The molecule has 0 saturated carbocycles. The first-order valence-electron chi connectivity index (χ1n) is 9.26. The lowest BCUT2D eigenvalue weighted by Crippen LogP contribution is -2.14. The summed E-state index contributed by atoms with van der Waals surface area (Å²) in [6.07, 6.45) is -0.596. The Morgan fingerprint density at radius 3 is 2.77 bits per heavy atom. The van der Waals surface area contributed by atoms with Gasteiger partial charge in [-0.2, -0.15) is 0 Å². The van der Waals surface area contributed by atoms with Crippen molar-refractivity contribution in [2.75, 3.05) is 30.1 Å². The molecule has 160 valence electrons. The van der Waals surface area contributed by atoms with E-state index in [1.807, 2.05) is 30.3 Å². The van der Waals surface area contributed by atoms with E-state index >= 15 is 0 Å². The second-order valence-corrected chi connectivity index (χ2v) is 8.40. The number of ether oxygens (including phenoxy) is 2. The molecule has 9 nitrogen and oxygen atoms in total. The number of nitrogens with zero attached hydrogens (tertiary/aromatic N) is 2. The number of fused-ring (bicyclic) bond motifs is 3. The van der Waals surface area contributed by atoms with E-state index in [1.165, 1.54) is 11.8 Å². The van der Waals surface area contributed by atoms with Gasteiger partial charge in [0.25, 0.3) is 0 Å². The predicted molar refractivity (Wildman–Crippen MR) is 120 cm³/mol. The Bertz CT molecular complexity index is 1250. The highest BCUT2D eigenvalue weighted by Gasteiger charge is 2.15. The topological polar surface area (TPSA) is 116 Å². The summed E-state index contributed by atoms with van der Waals surface area (Å²) < 4.78 is 16.7. The molecule has 2 aromatic carbocycles. The van der Waals surface area contributed by atoms with Crippen molar-refractivity contribution in [2.45, 2.75) is 11.3 Å². The number of nitrogens with one attached hydrogen (secondary N) is 2. The average Bonchev–Trinajstić information content (AvgIpc) is 3.35. The van der Waals surface area contributed by atoms with Crippen LogP contribution in [-0.4, -0.2) is 41.7 Å². The number of hydrogen-bond acceptors (Lipinski definition) is 9. The van der Waals surface area contributed by atoms with Crippen LogP contribution in [0.2, 0.25) is 0 Å². The fourth-order valence-electron chi connectivity index (χ4n) is 2.90. The number of furan rings is 1. The molecular weight excluding hydrogens is 440 g/mol. The number of hydrogen-bond donors (Lipinski definition) is 2. The summed E-state index contributed by atoms with van der Waals surface area (Å²) in [4.78, 5) is 23.9. The van der Waals surface area contributed by atoms with E-state index in [9.17, 15) is 9.59 Å². The number of methoxy groups -OCH3 is 1. The summed E-state index contributed by atoms with van der Waals surface area (Å²) in [5.74, 6) is 0.401. The van der Waals surface area contributed by atoms with Gasteiger partial charge >= 0.3 is 6.09 Å². The van der Waals surface area contributed by atoms with Gasteiger partial charge in [0.2, 0.25) is 11.0 Å². The molecule has 11 heteroatoms. The first kappa shape index (κ1) is 20.9. The smallest absolute Gasteiger partial charge is 0.413 e. The molecule has 4 aromatic rings. The van der Waals surface area contributed by atoms with Crippen molar-refractivity contribution < 1.29 is 23.5 Å². The lowest BCUT2D eigenvalue weighted by molar-refractivity contribution is -0.113. The third-order valence-corrected chi connectivity index (χ3v) is 6.16. The molecule has 0 aliphatic rings. The third kappa shape index (κ3) is 4.72. The molecule has 2 amide bonds. The quantitative estimate of drug-likeness (QED) is 0.301. The normalized spacial score (nSPS) is 10.9. The average molecular weight is 459 g/mol. The van der Waals surface area contributed by atoms with Gasteiger partial charge in [-0.1, -0.05) is 41.3 Å². The van der Waals surface area contributed by atoms with Crippen LogP contribution in [0.5, 0.6) is 5.75 Å². The number of anilines is 2. The molecule has 0 bridgehead atoms. The van der Waals surface area contributed by atoms with Crippen molar-refractivity contribution in [1.29, 1.82) is 0 Å². The number of thioether (sulfide) groups is 1. The van der Waals surface area contributed by atoms with Gasteiger partial charge in [-0.3, -0.25) is 10.1 Å². The Morgan fingerprint density at radius 1 is 1.13 bits per heavy atom. The van der Waals surface area contributed by atoms with E-state index in [2.05, 4.69) is 20.8 Å². The van der Waals surface area contributed by atoms with Crippen molar-refractivity contribution in [3.63, 3.8) is 0 Å². The molecular formula is C20H18N4O5S2.